The number of nitrogens with two attached hydrogens (primary N) is 1. The molecule has 90 valence electrons. The van der Waals surface area contributed by atoms with Gasteiger partial charge in [-0.1, -0.05) is 25.4 Å². The third kappa shape index (κ3) is 5.10. The minimum atomic E-state index is 0.561. The van der Waals surface area contributed by atoms with Gasteiger partial charge in [0.05, 0.1) is 0 Å². The summed E-state index contributed by atoms with van der Waals surface area (Å²) in [6.45, 7) is 5.37. The van der Waals surface area contributed by atoms with Gasteiger partial charge in [-0.2, -0.15) is 0 Å². The molecule has 4 heteroatoms. The van der Waals surface area contributed by atoms with Crippen LogP contribution in [0.5, 0.6) is 0 Å². The lowest BCUT2D eigenvalue weighted by Gasteiger charge is -2.08. The zero-order valence-electron chi connectivity index (χ0n) is 9.79. The zero-order valence-corrected chi connectivity index (χ0v) is 11.4. The first kappa shape index (κ1) is 13.7. The van der Waals surface area contributed by atoms with E-state index in [1.54, 1.807) is 17.8 Å². The Labute approximate surface area is 107 Å². The number of hydrogen-bond donors (Lipinski definition) is 2. The van der Waals surface area contributed by atoms with Crippen molar-refractivity contribution in [1.82, 2.24) is 5.32 Å². The molecule has 0 fully saturated rings. The van der Waals surface area contributed by atoms with Gasteiger partial charge in [-0.25, -0.2) is 0 Å². The SMILES string of the molecule is CC(C)NCCCSc1ccc(Cl)cc1N. The summed E-state index contributed by atoms with van der Waals surface area (Å²) in [6.07, 6.45) is 1.14. The molecule has 0 aromatic heterocycles. The lowest BCUT2D eigenvalue weighted by atomic mass is 10.3. The molecular weight excluding hydrogens is 240 g/mol. The molecule has 0 atom stereocenters. The number of benzene rings is 1. The smallest absolute Gasteiger partial charge is 0.0467 e. The Morgan fingerprint density at radius 2 is 2.19 bits per heavy atom. The van der Waals surface area contributed by atoms with Gasteiger partial charge in [0.15, 0.2) is 0 Å². The summed E-state index contributed by atoms with van der Waals surface area (Å²) >= 11 is 7.62. The minimum absolute atomic E-state index is 0.561. The average Bonchev–Trinajstić information content (AvgIpc) is 2.20. The number of hydrogen-bond acceptors (Lipinski definition) is 3. The number of rotatable bonds is 6. The predicted octanol–water partition coefficient (Wildman–Crippen LogP) is 3.40. The van der Waals surface area contributed by atoms with Gasteiger partial charge in [-0.3, -0.25) is 0 Å². The van der Waals surface area contributed by atoms with Crippen molar-refractivity contribution in [1.29, 1.82) is 0 Å². The molecule has 1 aromatic rings. The third-order valence-corrected chi connectivity index (χ3v) is 3.51. The highest BCUT2D eigenvalue weighted by Gasteiger charge is 2.00. The van der Waals surface area contributed by atoms with Gasteiger partial charge < -0.3 is 11.1 Å². The number of nitrogens with one attached hydrogen (secondary N) is 1. The average molecular weight is 259 g/mol. The summed E-state index contributed by atoms with van der Waals surface area (Å²) in [7, 11) is 0. The molecule has 0 aliphatic heterocycles. The van der Waals surface area contributed by atoms with Crippen molar-refractivity contribution in [2.24, 2.45) is 0 Å². The summed E-state index contributed by atoms with van der Waals surface area (Å²) in [6, 6.07) is 6.23. The van der Waals surface area contributed by atoms with Crippen LogP contribution in [0.4, 0.5) is 5.69 Å². The van der Waals surface area contributed by atoms with Gasteiger partial charge in [0, 0.05) is 21.6 Å². The number of anilines is 1. The maximum Gasteiger partial charge on any atom is 0.0467 e. The standard InChI is InChI=1S/C12H19ClN2S/c1-9(2)15-6-3-7-16-12-5-4-10(13)8-11(12)14/h4-5,8-9,15H,3,6-7,14H2,1-2H3. The van der Waals surface area contributed by atoms with E-state index in [1.165, 1.54) is 0 Å². The molecule has 1 rings (SSSR count). The summed E-state index contributed by atoms with van der Waals surface area (Å²) in [5.41, 5.74) is 6.64. The fourth-order valence-corrected chi connectivity index (χ4v) is 2.37. The van der Waals surface area contributed by atoms with Gasteiger partial charge in [0.1, 0.15) is 0 Å². The van der Waals surface area contributed by atoms with Gasteiger partial charge in [-0.05, 0) is 36.9 Å². The molecule has 0 spiro atoms. The van der Waals surface area contributed by atoms with Gasteiger partial charge in [-0.15, -0.1) is 11.8 Å². The molecule has 0 aliphatic carbocycles. The van der Waals surface area contributed by atoms with E-state index in [9.17, 15) is 0 Å². The Bertz CT molecular complexity index is 329. The molecule has 0 bridgehead atoms. The Kier molecular flexibility index (Phi) is 6.03. The van der Waals surface area contributed by atoms with E-state index < -0.39 is 0 Å². The second-order valence-corrected chi connectivity index (χ2v) is 5.57. The molecule has 0 radical (unpaired) electrons. The largest absolute Gasteiger partial charge is 0.398 e. The van der Waals surface area contributed by atoms with Crippen molar-refractivity contribution in [3.8, 4) is 0 Å². The maximum absolute atomic E-state index is 5.86. The van der Waals surface area contributed by atoms with Gasteiger partial charge in [0.25, 0.3) is 0 Å². The second kappa shape index (κ2) is 7.05. The Balaban J connectivity index is 2.27. The highest BCUT2D eigenvalue weighted by Crippen LogP contribution is 2.27. The number of halogens is 1. The van der Waals surface area contributed by atoms with Crippen LogP contribution in [-0.4, -0.2) is 18.3 Å². The second-order valence-electron chi connectivity index (χ2n) is 3.99. The summed E-state index contributed by atoms with van der Waals surface area (Å²) in [5, 5.41) is 4.09. The molecule has 0 saturated carbocycles. The Morgan fingerprint density at radius 1 is 1.44 bits per heavy atom. The zero-order chi connectivity index (χ0) is 12.0. The molecular formula is C12H19ClN2S. The monoisotopic (exact) mass is 258 g/mol. The highest BCUT2D eigenvalue weighted by molar-refractivity contribution is 7.99. The first-order valence-corrected chi connectivity index (χ1v) is 6.87. The van der Waals surface area contributed by atoms with Gasteiger partial charge >= 0.3 is 0 Å². The van der Waals surface area contributed by atoms with Gasteiger partial charge in [0.2, 0.25) is 0 Å². The lowest BCUT2D eigenvalue weighted by molar-refractivity contribution is 0.586. The van der Waals surface area contributed by atoms with Crippen LogP contribution in [0.25, 0.3) is 0 Å². The van der Waals surface area contributed by atoms with E-state index >= 15 is 0 Å². The van der Waals surface area contributed by atoms with E-state index in [4.69, 9.17) is 17.3 Å². The molecule has 0 amide bonds. The van der Waals surface area contributed by atoms with Crippen molar-refractivity contribution in [3.63, 3.8) is 0 Å². The molecule has 1 aromatic carbocycles. The van der Waals surface area contributed by atoms with Crippen molar-refractivity contribution < 1.29 is 0 Å². The van der Waals surface area contributed by atoms with E-state index in [0.29, 0.717) is 11.1 Å². The van der Waals surface area contributed by atoms with Crippen LogP contribution in [0.3, 0.4) is 0 Å². The molecule has 0 heterocycles. The Hall–Kier alpha value is -0.380. The molecule has 16 heavy (non-hydrogen) atoms. The van der Waals surface area contributed by atoms with Crippen LogP contribution in [0.15, 0.2) is 23.1 Å². The van der Waals surface area contributed by atoms with Crippen LogP contribution in [0.1, 0.15) is 20.3 Å². The first-order valence-electron chi connectivity index (χ1n) is 5.51. The quantitative estimate of drug-likeness (QED) is 0.467. The Morgan fingerprint density at radius 3 is 2.81 bits per heavy atom. The van der Waals surface area contributed by atoms with Crippen LogP contribution >= 0.6 is 23.4 Å². The lowest BCUT2D eigenvalue weighted by Crippen LogP contribution is -2.23. The van der Waals surface area contributed by atoms with Crippen molar-refractivity contribution in [3.05, 3.63) is 23.2 Å². The van der Waals surface area contributed by atoms with E-state index in [-0.39, 0.29) is 0 Å². The predicted molar refractivity (Wildman–Crippen MR) is 74.3 cm³/mol. The first-order chi connectivity index (χ1) is 7.59. The molecule has 3 N–H and O–H groups in total. The molecule has 0 aliphatic rings. The fourth-order valence-electron chi connectivity index (χ4n) is 1.30. The summed E-state index contributed by atoms with van der Waals surface area (Å²) in [5.74, 6) is 1.07. The van der Waals surface area contributed by atoms with E-state index in [0.717, 1.165) is 29.3 Å². The van der Waals surface area contributed by atoms with Crippen molar-refractivity contribution in [2.75, 3.05) is 18.0 Å². The molecule has 0 unspecified atom stereocenters. The molecule has 0 saturated heterocycles. The number of thioether (sulfide) groups is 1. The minimum Gasteiger partial charge on any atom is -0.398 e. The topological polar surface area (TPSA) is 38.0 Å². The van der Waals surface area contributed by atoms with Crippen LogP contribution in [0.2, 0.25) is 5.02 Å². The fraction of sp³-hybridized carbons (Fsp3) is 0.500. The van der Waals surface area contributed by atoms with Crippen molar-refractivity contribution in [2.45, 2.75) is 31.2 Å². The van der Waals surface area contributed by atoms with Crippen molar-refractivity contribution >= 4 is 29.1 Å². The van der Waals surface area contributed by atoms with Crippen LogP contribution in [-0.2, 0) is 0 Å². The summed E-state index contributed by atoms with van der Waals surface area (Å²) in [4.78, 5) is 1.12. The normalized spacial score (nSPS) is 11.0. The van der Waals surface area contributed by atoms with Crippen LogP contribution in [0, 0.1) is 0 Å². The number of nitrogen functional groups attached to an aromatic ring is 1. The highest BCUT2D eigenvalue weighted by atomic mass is 35.5. The maximum atomic E-state index is 5.86. The third-order valence-electron chi connectivity index (χ3n) is 2.10. The summed E-state index contributed by atoms with van der Waals surface area (Å²) < 4.78 is 0. The van der Waals surface area contributed by atoms with Crippen LogP contribution < -0.4 is 11.1 Å². The van der Waals surface area contributed by atoms with E-state index in [1.807, 2.05) is 12.1 Å². The van der Waals surface area contributed by atoms with E-state index in [2.05, 4.69) is 19.2 Å². The molecule has 2 nitrogen and oxygen atoms in total.